The van der Waals surface area contributed by atoms with Crippen molar-refractivity contribution in [3.05, 3.63) is 0 Å². The van der Waals surface area contributed by atoms with E-state index in [9.17, 15) is 9.59 Å². The van der Waals surface area contributed by atoms with E-state index in [1.807, 2.05) is 13.8 Å². The molecule has 18 heavy (non-hydrogen) atoms. The Morgan fingerprint density at radius 1 is 1.44 bits per heavy atom. The van der Waals surface area contributed by atoms with Crippen molar-refractivity contribution < 1.29 is 9.59 Å². The zero-order valence-corrected chi connectivity index (χ0v) is 11.1. The third-order valence-electron chi connectivity index (χ3n) is 3.97. The van der Waals surface area contributed by atoms with Crippen LogP contribution >= 0.6 is 0 Å². The first-order valence-electron chi connectivity index (χ1n) is 6.68. The van der Waals surface area contributed by atoms with Crippen LogP contribution in [0.15, 0.2) is 0 Å². The first kappa shape index (κ1) is 12.9. The summed E-state index contributed by atoms with van der Waals surface area (Å²) in [4.78, 5) is 28.4. The molecule has 0 radical (unpaired) electrons. The average molecular weight is 248 g/mol. The highest BCUT2D eigenvalue weighted by atomic mass is 16.2. The van der Waals surface area contributed by atoms with Gasteiger partial charge in [0.2, 0.25) is 11.8 Å². The van der Waals surface area contributed by atoms with E-state index in [-0.39, 0.29) is 29.9 Å². The van der Waals surface area contributed by atoms with Crippen LogP contribution in [0.3, 0.4) is 0 Å². The second kappa shape index (κ2) is 5.01. The van der Waals surface area contributed by atoms with E-state index in [1.165, 1.54) is 0 Å². The van der Waals surface area contributed by atoms with E-state index in [4.69, 9.17) is 6.42 Å². The summed E-state index contributed by atoms with van der Waals surface area (Å²) in [5.74, 6) is 2.77. The van der Waals surface area contributed by atoms with Crippen LogP contribution in [0.1, 0.15) is 39.5 Å². The zero-order valence-electron chi connectivity index (χ0n) is 11.1. The number of hydrogen-bond donors (Lipinski definition) is 0. The number of carbonyl (C=O) groups excluding carboxylic acids is 2. The van der Waals surface area contributed by atoms with Crippen molar-refractivity contribution in [2.45, 2.75) is 57.7 Å². The highest BCUT2D eigenvalue weighted by Gasteiger charge is 2.48. The van der Waals surface area contributed by atoms with Crippen LogP contribution in [-0.2, 0) is 9.59 Å². The van der Waals surface area contributed by atoms with Crippen molar-refractivity contribution >= 4 is 11.8 Å². The monoisotopic (exact) mass is 248 g/mol. The molecule has 3 atom stereocenters. The molecule has 0 N–H and O–H groups in total. The second-order valence-corrected chi connectivity index (χ2v) is 5.12. The Hall–Kier alpha value is -1.50. The minimum Gasteiger partial charge on any atom is -0.329 e. The molecule has 2 rings (SSSR count). The molecule has 3 unspecified atom stereocenters. The zero-order chi connectivity index (χ0) is 13.3. The van der Waals surface area contributed by atoms with Gasteiger partial charge in [0, 0.05) is 19.0 Å². The predicted octanol–water partition coefficient (Wildman–Crippen LogP) is 1.01. The molecule has 98 valence electrons. The van der Waals surface area contributed by atoms with Crippen LogP contribution in [0.5, 0.6) is 0 Å². The van der Waals surface area contributed by atoms with Gasteiger partial charge in [-0.05, 0) is 26.2 Å². The van der Waals surface area contributed by atoms with E-state index < -0.39 is 0 Å². The molecule has 0 aromatic carbocycles. The molecule has 2 saturated heterocycles. The molecule has 0 bridgehead atoms. The normalized spacial score (nSPS) is 29.2. The largest absolute Gasteiger partial charge is 0.329 e. The third-order valence-corrected chi connectivity index (χ3v) is 3.97. The molecule has 0 spiro atoms. The number of hydrogen-bond acceptors (Lipinski definition) is 2. The fourth-order valence-electron chi connectivity index (χ4n) is 3.09. The molecule has 2 fully saturated rings. The molecular weight excluding hydrogens is 228 g/mol. The summed E-state index contributed by atoms with van der Waals surface area (Å²) in [6.45, 7) is 4.60. The summed E-state index contributed by atoms with van der Waals surface area (Å²) in [5.41, 5.74) is 0. The van der Waals surface area contributed by atoms with Gasteiger partial charge in [0.25, 0.3) is 0 Å². The summed E-state index contributed by atoms with van der Waals surface area (Å²) < 4.78 is 0. The number of carbonyl (C=O) groups is 2. The lowest BCUT2D eigenvalue weighted by atomic mass is 10.00. The van der Waals surface area contributed by atoms with Gasteiger partial charge in [-0.1, -0.05) is 6.92 Å². The van der Waals surface area contributed by atoms with Gasteiger partial charge in [-0.3, -0.25) is 9.59 Å². The van der Waals surface area contributed by atoms with Crippen LogP contribution in [0.4, 0.5) is 0 Å². The van der Waals surface area contributed by atoms with Crippen molar-refractivity contribution in [2.24, 2.45) is 0 Å². The first-order valence-corrected chi connectivity index (χ1v) is 6.68. The van der Waals surface area contributed by atoms with Gasteiger partial charge in [0.1, 0.15) is 12.1 Å². The summed E-state index contributed by atoms with van der Waals surface area (Å²) in [5, 5.41) is 0. The number of fused-ring (bicyclic) bond motifs is 1. The van der Waals surface area contributed by atoms with E-state index in [0.29, 0.717) is 12.8 Å². The van der Waals surface area contributed by atoms with Gasteiger partial charge in [-0.15, -0.1) is 12.3 Å². The maximum atomic E-state index is 12.5. The minimum absolute atomic E-state index is 0.0563. The quantitative estimate of drug-likeness (QED) is 0.699. The topological polar surface area (TPSA) is 40.6 Å². The van der Waals surface area contributed by atoms with Gasteiger partial charge in [0.05, 0.1) is 0 Å². The van der Waals surface area contributed by atoms with Gasteiger partial charge < -0.3 is 9.80 Å². The molecule has 0 aliphatic carbocycles. The minimum atomic E-state index is -0.324. The second-order valence-electron chi connectivity index (χ2n) is 5.12. The number of amides is 2. The van der Waals surface area contributed by atoms with Crippen LogP contribution in [0.25, 0.3) is 0 Å². The summed E-state index contributed by atoms with van der Waals surface area (Å²) in [7, 11) is 0. The van der Waals surface area contributed by atoms with Crippen molar-refractivity contribution in [3.63, 3.8) is 0 Å². The molecule has 0 aromatic heterocycles. The van der Waals surface area contributed by atoms with Crippen molar-refractivity contribution in [3.8, 4) is 12.3 Å². The lowest BCUT2D eigenvalue weighted by Crippen LogP contribution is -2.64. The highest BCUT2D eigenvalue weighted by Crippen LogP contribution is 2.29. The fraction of sp³-hybridized carbons (Fsp3) is 0.714. The third kappa shape index (κ3) is 1.88. The maximum absolute atomic E-state index is 12.5. The Bertz CT molecular complexity index is 399. The molecule has 0 aromatic rings. The SMILES string of the molecule is C#CCC(C)N1C(=O)C2CCCN2C(=O)C1CC. The smallest absolute Gasteiger partial charge is 0.246 e. The average Bonchev–Trinajstić information content (AvgIpc) is 2.83. The molecule has 2 aliphatic heterocycles. The number of nitrogens with zero attached hydrogens (tertiary/aromatic N) is 2. The Balaban J connectivity index is 2.28. The Morgan fingerprint density at radius 3 is 2.78 bits per heavy atom. The molecule has 2 aliphatic rings. The lowest BCUT2D eigenvalue weighted by molar-refractivity contribution is -0.161. The summed E-state index contributed by atoms with van der Waals surface area (Å²) in [6.07, 6.45) is 8.20. The van der Waals surface area contributed by atoms with Gasteiger partial charge in [0.15, 0.2) is 0 Å². The highest BCUT2D eigenvalue weighted by molar-refractivity contribution is 5.97. The number of rotatable bonds is 3. The maximum Gasteiger partial charge on any atom is 0.246 e. The van der Waals surface area contributed by atoms with Gasteiger partial charge in [-0.25, -0.2) is 0 Å². The van der Waals surface area contributed by atoms with Gasteiger partial charge in [-0.2, -0.15) is 0 Å². The number of terminal acetylenes is 1. The van der Waals surface area contributed by atoms with Crippen LogP contribution < -0.4 is 0 Å². The molecule has 4 nitrogen and oxygen atoms in total. The lowest BCUT2D eigenvalue weighted by Gasteiger charge is -2.44. The first-order chi connectivity index (χ1) is 8.61. The Labute approximate surface area is 108 Å². The van der Waals surface area contributed by atoms with E-state index >= 15 is 0 Å². The van der Waals surface area contributed by atoms with Crippen molar-refractivity contribution in [2.75, 3.05) is 6.54 Å². The van der Waals surface area contributed by atoms with E-state index in [1.54, 1.807) is 9.80 Å². The molecular formula is C14H20N2O2. The van der Waals surface area contributed by atoms with E-state index in [0.717, 1.165) is 19.4 Å². The van der Waals surface area contributed by atoms with Crippen molar-refractivity contribution in [1.29, 1.82) is 0 Å². The van der Waals surface area contributed by atoms with Crippen LogP contribution in [-0.4, -0.2) is 46.3 Å². The molecule has 4 heteroatoms. The molecule has 2 heterocycles. The molecule has 2 amide bonds. The van der Waals surface area contributed by atoms with Crippen molar-refractivity contribution in [1.82, 2.24) is 9.80 Å². The summed E-state index contributed by atoms with van der Waals surface area (Å²) in [6, 6.07) is -0.616. The summed E-state index contributed by atoms with van der Waals surface area (Å²) >= 11 is 0. The predicted molar refractivity (Wildman–Crippen MR) is 68.6 cm³/mol. The van der Waals surface area contributed by atoms with E-state index in [2.05, 4.69) is 5.92 Å². The van der Waals surface area contributed by atoms with Gasteiger partial charge >= 0.3 is 0 Å². The fourth-order valence-corrected chi connectivity index (χ4v) is 3.09. The standard InChI is InChI=1S/C14H20N2O2/c1-4-7-10(3)16-11(5-2)13(17)15-9-6-8-12(15)14(16)18/h1,10-12H,5-9H2,2-3H3. The van der Waals surface area contributed by atoms with Crippen LogP contribution in [0.2, 0.25) is 0 Å². The van der Waals surface area contributed by atoms with Crippen LogP contribution in [0, 0.1) is 12.3 Å². The Morgan fingerprint density at radius 2 is 2.17 bits per heavy atom. The molecule has 0 saturated carbocycles. The Kier molecular flexibility index (Phi) is 3.60. The number of piperazine rings is 1.